The minimum Gasteiger partial charge on any atom is -0.342 e. The summed E-state index contributed by atoms with van der Waals surface area (Å²) in [4.78, 5) is 39.5. The smallest absolute Gasteiger partial charge is 0.230 e. The molecule has 6 nitrogen and oxygen atoms in total. The first-order valence-electron chi connectivity index (χ1n) is 12.8. The van der Waals surface area contributed by atoms with E-state index in [1.54, 1.807) is 0 Å². The van der Waals surface area contributed by atoms with Crippen LogP contribution in [0, 0.1) is 11.8 Å². The first kappa shape index (κ1) is 21.4. The van der Waals surface area contributed by atoms with Crippen LogP contribution in [0.1, 0.15) is 55.8 Å². The van der Waals surface area contributed by atoms with Crippen LogP contribution in [-0.4, -0.2) is 46.3 Å². The van der Waals surface area contributed by atoms with Gasteiger partial charge in [-0.25, -0.2) is 4.98 Å². The number of carbonyl (C=O) groups excluding carboxylic acids is 2. The second-order valence-corrected chi connectivity index (χ2v) is 10.1. The fourth-order valence-electron chi connectivity index (χ4n) is 6.26. The molecule has 2 amide bonds. The lowest BCUT2D eigenvalue weighted by molar-refractivity contribution is -0.143. The molecule has 2 atom stereocenters. The lowest BCUT2D eigenvalue weighted by Gasteiger charge is -2.38. The fraction of sp³-hybridized carbons (Fsp3) is 0.464. The summed E-state index contributed by atoms with van der Waals surface area (Å²) >= 11 is 0. The third-order valence-electron chi connectivity index (χ3n) is 8.15. The molecule has 0 spiro atoms. The molecule has 176 valence electrons. The zero-order chi connectivity index (χ0) is 23.1. The van der Waals surface area contributed by atoms with Crippen molar-refractivity contribution < 1.29 is 9.59 Å². The third-order valence-corrected chi connectivity index (χ3v) is 8.15. The Balaban J connectivity index is 1.13. The molecule has 3 aliphatic rings. The van der Waals surface area contributed by atoms with Crippen LogP contribution in [0.5, 0.6) is 0 Å². The number of likely N-dealkylation sites (tertiary alicyclic amines) is 1. The first-order chi connectivity index (χ1) is 16.7. The second kappa shape index (κ2) is 8.90. The van der Waals surface area contributed by atoms with E-state index in [1.165, 1.54) is 5.56 Å². The van der Waals surface area contributed by atoms with Gasteiger partial charge in [0.1, 0.15) is 5.82 Å². The molecule has 0 radical (unpaired) electrons. The molecule has 1 aliphatic carbocycles. The number of hydrogen-bond donors (Lipinski definition) is 1. The molecule has 34 heavy (non-hydrogen) atoms. The van der Waals surface area contributed by atoms with E-state index in [2.05, 4.69) is 17.1 Å². The summed E-state index contributed by atoms with van der Waals surface area (Å²) in [6.07, 6.45) is 6.45. The van der Waals surface area contributed by atoms with Crippen molar-refractivity contribution >= 4 is 28.5 Å². The average Bonchev–Trinajstić information content (AvgIpc) is 3.52. The second-order valence-electron chi connectivity index (χ2n) is 10.1. The van der Waals surface area contributed by atoms with Gasteiger partial charge < -0.3 is 14.8 Å². The largest absolute Gasteiger partial charge is 0.342 e. The van der Waals surface area contributed by atoms with Crippen molar-refractivity contribution in [3.8, 4) is 0 Å². The standard InChI is InChI=1S/C28H32N4O2/c33-27(31-16-13-20(14-17-31)26-29-23-10-4-5-11-24(23)30-26)21-8-2-3-9-22(21)28(34)32-18-15-19-7-1-6-12-25(19)32/h1,4-7,10-12,20-22H,2-3,8-9,13-18H2,(H,29,30)/t21-,22+/m1/s1. The molecule has 1 N–H and O–H groups in total. The van der Waals surface area contributed by atoms with Crippen LogP contribution in [0.25, 0.3) is 11.0 Å². The van der Waals surface area contributed by atoms with Crippen molar-refractivity contribution in [2.24, 2.45) is 11.8 Å². The summed E-state index contributed by atoms with van der Waals surface area (Å²) in [5.41, 5.74) is 4.35. The highest BCUT2D eigenvalue weighted by Gasteiger charge is 2.41. The Hall–Kier alpha value is -3.15. The van der Waals surface area contributed by atoms with Crippen LogP contribution in [0.15, 0.2) is 48.5 Å². The Labute approximate surface area is 200 Å². The molecule has 3 aromatic rings. The third kappa shape index (κ3) is 3.79. The van der Waals surface area contributed by atoms with Crippen molar-refractivity contribution in [1.82, 2.24) is 14.9 Å². The van der Waals surface area contributed by atoms with E-state index < -0.39 is 0 Å². The Morgan fingerprint density at radius 2 is 1.53 bits per heavy atom. The molecule has 2 fully saturated rings. The van der Waals surface area contributed by atoms with Crippen LogP contribution >= 0.6 is 0 Å². The first-order valence-corrected chi connectivity index (χ1v) is 12.8. The lowest BCUT2D eigenvalue weighted by Crippen LogP contribution is -2.48. The highest BCUT2D eigenvalue weighted by Crippen LogP contribution is 2.37. The van der Waals surface area contributed by atoms with Crippen molar-refractivity contribution in [3.05, 3.63) is 59.9 Å². The van der Waals surface area contributed by atoms with Gasteiger partial charge in [0.25, 0.3) is 0 Å². The Morgan fingerprint density at radius 1 is 0.824 bits per heavy atom. The molecule has 0 unspecified atom stereocenters. The summed E-state index contributed by atoms with van der Waals surface area (Å²) in [5, 5.41) is 0. The Bertz CT molecular complexity index is 1180. The SMILES string of the molecule is O=C([C@@H]1CCCC[C@@H]1C(=O)N1CCc2ccccc21)N1CCC(c2nc3ccccc3[nH]2)CC1. The van der Waals surface area contributed by atoms with Gasteiger partial charge in [-0.1, -0.05) is 43.2 Å². The number of piperidine rings is 1. The topological polar surface area (TPSA) is 69.3 Å². The predicted octanol–water partition coefficient (Wildman–Crippen LogP) is 4.66. The number of aromatic nitrogens is 2. The molecule has 1 saturated carbocycles. The summed E-state index contributed by atoms with van der Waals surface area (Å²) in [5.74, 6) is 1.35. The molecular weight excluding hydrogens is 424 g/mol. The number of para-hydroxylation sites is 3. The number of hydrogen-bond acceptors (Lipinski definition) is 3. The monoisotopic (exact) mass is 456 g/mol. The van der Waals surface area contributed by atoms with Gasteiger partial charge in [-0.2, -0.15) is 0 Å². The minimum atomic E-state index is -0.194. The Kier molecular flexibility index (Phi) is 5.60. The van der Waals surface area contributed by atoms with Crippen LogP contribution in [-0.2, 0) is 16.0 Å². The number of rotatable bonds is 3. The molecular formula is C28H32N4O2. The van der Waals surface area contributed by atoms with E-state index in [4.69, 9.17) is 4.98 Å². The highest BCUT2D eigenvalue weighted by atomic mass is 16.2. The van der Waals surface area contributed by atoms with Gasteiger partial charge in [0.05, 0.1) is 17.0 Å². The maximum Gasteiger partial charge on any atom is 0.230 e. The summed E-state index contributed by atoms with van der Waals surface area (Å²) in [6, 6.07) is 16.3. The number of H-pyrrole nitrogens is 1. The minimum absolute atomic E-state index is 0.153. The van der Waals surface area contributed by atoms with Crippen molar-refractivity contribution in [1.29, 1.82) is 0 Å². The quantitative estimate of drug-likeness (QED) is 0.623. The van der Waals surface area contributed by atoms with Crippen LogP contribution in [0.3, 0.4) is 0 Å². The number of nitrogens with one attached hydrogen (secondary N) is 1. The van der Waals surface area contributed by atoms with E-state index in [0.29, 0.717) is 5.92 Å². The van der Waals surface area contributed by atoms with Crippen LogP contribution < -0.4 is 4.90 Å². The zero-order valence-electron chi connectivity index (χ0n) is 19.6. The molecule has 2 aromatic carbocycles. The number of imidazole rings is 1. The van der Waals surface area contributed by atoms with Gasteiger partial charge in [-0.3, -0.25) is 9.59 Å². The zero-order valence-corrected chi connectivity index (χ0v) is 19.6. The van der Waals surface area contributed by atoms with Crippen LogP contribution in [0.2, 0.25) is 0 Å². The molecule has 1 saturated heterocycles. The van der Waals surface area contributed by atoms with Gasteiger partial charge in [0, 0.05) is 37.2 Å². The number of anilines is 1. The van der Waals surface area contributed by atoms with Crippen LogP contribution in [0.4, 0.5) is 5.69 Å². The molecule has 1 aromatic heterocycles. The normalized spacial score (nSPS) is 23.3. The summed E-state index contributed by atoms with van der Waals surface area (Å²) in [7, 11) is 0. The summed E-state index contributed by atoms with van der Waals surface area (Å²) in [6.45, 7) is 2.22. The van der Waals surface area contributed by atoms with Gasteiger partial charge in [-0.15, -0.1) is 0 Å². The number of nitrogens with zero attached hydrogens (tertiary/aromatic N) is 3. The molecule has 2 aliphatic heterocycles. The Morgan fingerprint density at radius 3 is 2.32 bits per heavy atom. The molecule has 3 heterocycles. The van der Waals surface area contributed by atoms with E-state index in [-0.39, 0.29) is 23.7 Å². The number of amides is 2. The van der Waals surface area contributed by atoms with Crippen molar-refractivity contribution in [2.45, 2.75) is 50.9 Å². The highest BCUT2D eigenvalue weighted by molar-refractivity contribution is 5.99. The predicted molar refractivity (Wildman–Crippen MR) is 133 cm³/mol. The summed E-state index contributed by atoms with van der Waals surface area (Å²) < 4.78 is 0. The number of aromatic amines is 1. The maximum absolute atomic E-state index is 13.6. The van der Waals surface area contributed by atoms with Gasteiger partial charge in [0.15, 0.2) is 0 Å². The van der Waals surface area contributed by atoms with Gasteiger partial charge in [-0.05, 0) is 55.9 Å². The van der Waals surface area contributed by atoms with E-state index in [0.717, 1.165) is 87.1 Å². The van der Waals surface area contributed by atoms with Gasteiger partial charge >= 0.3 is 0 Å². The molecule has 6 heteroatoms. The van der Waals surface area contributed by atoms with E-state index in [1.807, 2.05) is 46.2 Å². The number of fused-ring (bicyclic) bond motifs is 2. The maximum atomic E-state index is 13.6. The number of benzene rings is 2. The van der Waals surface area contributed by atoms with E-state index >= 15 is 0 Å². The van der Waals surface area contributed by atoms with Crippen molar-refractivity contribution in [2.75, 3.05) is 24.5 Å². The number of carbonyl (C=O) groups is 2. The average molecular weight is 457 g/mol. The van der Waals surface area contributed by atoms with E-state index in [9.17, 15) is 9.59 Å². The van der Waals surface area contributed by atoms with Gasteiger partial charge in [0.2, 0.25) is 11.8 Å². The fourth-order valence-corrected chi connectivity index (χ4v) is 6.26. The molecule has 0 bridgehead atoms. The van der Waals surface area contributed by atoms with Crippen molar-refractivity contribution in [3.63, 3.8) is 0 Å². The lowest BCUT2D eigenvalue weighted by atomic mass is 9.77. The molecule has 6 rings (SSSR count).